The van der Waals surface area contributed by atoms with Crippen LogP contribution < -0.4 is 4.90 Å². The normalized spacial score (nSPS) is 19.6. The third kappa shape index (κ3) is 4.62. The summed E-state index contributed by atoms with van der Waals surface area (Å²) in [6.45, 7) is 6.17. The van der Waals surface area contributed by atoms with Gasteiger partial charge >= 0.3 is 0 Å². The molecule has 1 aromatic heterocycles. The number of hydrogen-bond donors (Lipinski definition) is 0. The van der Waals surface area contributed by atoms with Crippen LogP contribution in [-0.4, -0.2) is 60.2 Å². The third-order valence-electron chi connectivity index (χ3n) is 5.36. The van der Waals surface area contributed by atoms with E-state index in [2.05, 4.69) is 14.2 Å². The van der Waals surface area contributed by atoms with E-state index in [1.807, 2.05) is 0 Å². The number of anilines is 1. The Bertz CT molecular complexity index is 758. The highest BCUT2D eigenvalue weighted by Gasteiger charge is 2.24. The van der Waals surface area contributed by atoms with Crippen LogP contribution in [0.1, 0.15) is 30.1 Å². The average molecular weight is 394 g/mol. The van der Waals surface area contributed by atoms with E-state index in [1.54, 1.807) is 6.07 Å². The lowest BCUT2D eigenvalue weighted by Crippen LogP contribution is -2.47. The van der Waals surface area contributed by atoms with Crippen molar-refractivity contribution in [2.24, 2.45) is 0 Å². The molecule has 0 radical (unpaired) electrons. The molecule has 0 aliphatic carbocycles. The highest BCUT2D eigenvalue weighted by molar-refractivity contribution is 7.09. The Morgan fingerprint density at radius 3 is 2.59 bits per heavy atom. The van der Waals surface area contributed by atoms with E-state index in [4.69, 9.17) is 9.72 Å². The van der Waals surface area contributed by atoms with Crippen LogP contribution in [0.25, 0.3) is 0 Å². The van der Waals surface area contributed by atoms with Crippen LogP contribution in [-0.2, 0) is 11.2 Å². The summed E-state index contributed by atoms with van der Waals surface area (Å²) in [7, 11) is 0. The molecule has 27 heavy (non-hydrogen) atoms. The minimum Gasteiger partial charge on any atom is -0.381 e. The summed E-state index contributed by atoms with van der Waals surface area (Å²) in [6.07, 6.45) is 2.74. The van der Waals surface area contributed by atoms with Crippen molar-refractivity contribution in [3.8, 4) is 0 Å². The van der Waals surface area contributed by atoms with Crippen molar-refractivity contribution in [3.63, 3.8) is 0 Å². The van der Waals surface area contributed by atoms with E-state index < -0.39 is 11.6 Å². The fraction of sp³-hybridized carbons (Fsp3) is 0.579. The van der Waals surface area contributed by atoms with Crippen molar-refractivity contribution in [2.45, 2.75) is 25.2 Å². The first-order valence-corrected chi connectivity index (χ1v) is 10.3. The molecule has 0 spiro atoms. The summed E-state index contributed by atoms with van der Waals surface area (Å²) in [5.41, 5.74) is 0.835. The second kappa shape index (κ2) is 8.58. The summed E-state index contributed by atoms with van der Waals surface area (Å²) in [5, 5.41) is 1.01. The molecule has 2 aromatic rings. The number of rotatable bonds is 5. The third-order valence-corrected chi connectivity index (χ3v) is 6.15. The standard InChI is InChI=1S/C19H24F2N4OS/c20-16-2-1-14(13-17(16)21)3-6-24-7-9-25(10-8-24)19-22-18(23-27-19)15-4-11-26-12-5-15/h1-2,13,15H,3-12H2. The molecule has 2 fully saturated rings. The molecule has 3 heterocycles. The number of ether oxygens (including phenoxy) is 1. The summed E-state index contributed by atoms with van der Waals surface area (Å²) in [5.74, 6) is -0.154. The Kier molecular flexibility index (Phi) is 5.95. The first-order valence-electron chi connectivity index (χ1n) is 9.51. The summed E-state index contributed by atoms with van der Waals surface area (Å²) in [4.78, 5) is 9.44. The molecular weight excluding hydrogens is 370 g/mol. The van der Waals surface area contributed by atoms with Crippen molar-refractivity contribution in [1.82, 2.24) is 14.3 Å². The predicted octanol–water partition coefficient (Wildman–Crippen LogP) is 3.08. The van der Waals surface area contributed by atoms with Crippen molar-refractivity contribution in [2.75, 3.05) is 50.8 Å². The van der Waals surface area contributed by atoms with E-state index >= 15 is 0 Å². The van der Waals surface area contributed by atoms with Gasteiger partial charge in [-0.2, -0.15) is 4.37 Å². The second-order valence-corrected chi connectivity index (χ2v) is 7.88. The Labute approximate surface area is 162 Å². The molecule has 4 rings (SSSR count). The van der Waals surface area contributed by atoms with Gasteiger partial charge < -0.3 is 9.64 Å². The zero-order valence-electron chi connectivity index (χ0n) is 15.2. The van der Waals surface area contributed by atoms with Gasteiger partial charge in [0.25, 0.3) is 0 Å². The monoisotopic (exact) mass is 394 g/mol. The Hall–Kier alpha value is -1.64. The van der Waals surface area contributed by atoms with Gasteiger partial charge in [0.05, 0.1) is 0 Å². The van der Waals surface area contributed by atoms with Gasteiger partial charge in [-0.15, -0.1) is 0 Å². The number of nitrogens with zero attached hydrogens (tertiary/aromatic N) is 4. The maximum Gasteiger partial charge on any atom is 0.205 e. The molecule has 2 saturated heterocycles. The van der Waals surface area contributed by atoms with Crippen molar-refractivity contribution in [3.05, 3.63) is 41.2 Å². The first kappa shape index (κ1) is 18.7. The molecule has 2 aliphatic rings. The van der Waals surface area contributed by atoms with Crippen LogP contribution >= 0.6 is 11.5 Å². The Balaban J connectivity index is 1.26. The number of hydrogen-bond acceptors (Lipinski definition) is 6. The topological polar surface area (TPSA) is 41.5 Å². The van der Waals surface area contributed by atoms with E-state index in [1.165, 1.54) is 23.7 Å². The van der Waals surface area contributed by atoms with Crippen LogP contribution in [0.5, 0.6) is 0 Å². The van der Waals surface area contributed by atoms with Crippen LogP contribution in [0.3, 0.4) is 0 Å². The van der Waals surface area contributed by atoms with Gasteiger partial charge in [0.15, 0.2) is 11.6 Å². The minimum absolute atomic E-state index is 0.432. The van der Waals surface area contributed by atoms with Crippen molar-refractivity contribution < 1.29 is 13.5 Å². The van der Waals surface area contributed by atoms with Gasteiger partial charge in [-0.1, -0.05) is 6.07 Å². The van der Waals surface area contributed by atoms with Crippen LogP contribution in [0.2, 0.25) is 0 Å². The van der Waals surface area contributed by atoms with E-state index in [-0.39, 0.29) is 0 Å². The minimum atomic E-state index is -0.787. The van der Waals surface area contributed by atoms with Crippen molar-refractivity contribution >= 4 is 16.7 Å². The van der Waals surface area contributed by atoms with E-state index in [9.17, 15) is 8.78 Å². The molecule has 0 amide bonds. The van der Waals surface area contributed by atoms with Gasteiger partial charge in [0.2, 0.25) is 5.13 Å². The maximum atomic E-state index is 13.3. The molecule has 146 valence electrons. The Morgan fingerprint density at radius 1 is 1.07 bits per heavy atom. The number of benzene rings is 1. The van der Waals surface area contributed by atoms with Crippen LogP contribution in [0.15, 0.2) is 18.2 Å². The fourth-order valence-corrected chi connectivity index (χ4v) is 4.42. The quantitative estimate of drug-likeness (QED) is 0.780. The molecule has 2 aliphatic heterocycles. The lowest BCUT2D eigenvalue weighted by Gasteiger charge is -2.34. The largest absolute Gasteiger partial charge is 0.381 e. The van der Waals surface area contributed by atoms with Crippen LogP contribution in [0.4, 0.5) is 13.9 Å². The summed E-state index contributed by atoms with van der Waals surface area (Å²) >= 11 is 1.49. The summed E-state index contributed by atoms with van der Waals surface area (Å²) in [6, 6.07) is 4.16. The number of aromatic nitrogens is 2. The average Bonchev–Trinajstić information content (AvgIpc) is 3.20. The van der Waals surface area contributed by atoms with E-state index in [0.717, 1.165) is 81.7 Å². The molecular formula is C19H24F2N4OS. The predicted molar refractivity (Wildman–Crippen MR) is 101 cm³/mol. The van der Waals surface area contributed by atoms with Gasteiger partial charge in [-0.3, -0.25) is 4.90 Å². The van der Waals surface area contributed by atoms with Gasteiger partial charge in [0.1, 0.15) is 5.82 Å². The number of piperazine rings is 1. The lowest BCUT2D eigenvalue weighted by atomic mass is 10.00. The molecule has 8 heteroatoms. The SMILES string of the molecule is Fc1ccc(CCN2CCN(c3nc(C4CCOCC4)ns3)CC2)cc1F. The molecule has 0 atom stereocenters. The molecule has 1 aromatic carbocycles. The van der Waals surface area contributed by atoms with Gasteiger partial charge in [0, 0.05) is 63.4 Å². The molecule has 0 saturated carbocycles. The second-order valence-electron chi connectivity index (χ2n) is 7.15. The summed E-state index contributed by atoms with van der Waals surface area (Å²) < 4.78 is 36.3. The highest BCUT2D eigenvalue weighted by Crippen LogP contribution is 2.28. The fourth-order valence-electron chi connectivity index (χ4n) is 3.62. The van der Waals surface area contributed by atoms with Crippen LogP contribution in [0, 0.1) is 11.6 Å². The zero-order valence-corrected chi connectivity index (χ0v) is 16.1. The van der Waals surface area contributed by atoms with Gasteiger partial charge in [-0.05, 0) is 37.0 Å². The number of halogens is 2. The Morgan fingerprint density at radius 2 is 1.85 bits per heavy atom. The first-order chi connectivity index (χ1) is 13.2. The highest BCUT2D eigenvalue weighted by atomic mass is 32.1. The van der Waals surface area contributed by atoms with E-state index in [0.29, 0.717) is 5.92 Å². The zero-order chi connectivity index (χ0) is 18.6. The molecule has 0 N–H and O–H groups in total. The van der Waals surface area contributed by atoms with Crippen molar-refractivity contribution in [1.29, 1.82) is 0 Å². The lowest BCUT2D eigenvalue weighted by molar-refractivity contribution is 0.0838. The molecule has 0 bridgehead atoms. The smallest absolute Gasteiger partial charge is 0.205 e. The maximum absolute atomic E-state index is 13.3. The molecule has 5 nitrogen and oxygen atoms in total. The van der Waals surface area contributed by atoms with Gasteiger partial charge in [-0.25, -0.2) is 13.8 Å². The molecule has 0 unspecified atom stereocenters.